The molecule has 0 unspecified atom stereocenters. The van der Waals surface area contributed by atoms with Crippen LogP contribution in [0.25, 0.3) is 0 Å². The molecular weight excluding hydrogens is 325 g/mol. The zero-order valence-electron chi connectivity index (χ0n) is 9.60. The maximum atomic E-state index is 12.8. The van der Waals surface area contributed by atoms with E-state index < -0.39 is 36.9 Å². The van der Waals surface area contributed by atoms with Crippen LogP contribution in [0.3, 0.4) is 0 Å². The number of amides is 1. The Morgan fingerprint density at radius 2 is 2.16 bits per heavy atom. The number of hydrogen-bond acceptors (Lipinski definition) is 4. The van der Waals surface area contributed by atoms with Crippen molar-refractivity contribution in [1.82, 2.24) is 5.32 Å². The molecule has 1 rings (SSSR count). The molecule has 0 aliphatic rings. The van der Waals surface area contributed by atoms with Crippen LogP contribution in [0.1, 0.15) is 0 Å². The SMILES string of the molecule is O=C(COc1ccc(F)cc1Br)N[C@H](CO)C(=O)O. The van der Waals surface area contributed by atoms with Gasteiger partial charge in [-0.2, -0.15) is 0 Å². The topological polar surface area (TPSA) is 95.9 Å². The molecular formula is C11H11BrFNO5. The third-order valence-electron chi connectivity index (χ3n) is 2.07. The minimum atomic E-state index is -1.38. The highest BCUT2D eigenvalue weighted by molar-refractivity contribution is 9.10. The van der Waals surface area contributed by atoms with E-state index in [0.29, 0.717) is 4.47 Å². The molecule has 1 amide bonds. The standard InChI is InChI=1S/C11H11BrFNO5/c12-7-3-6(13)1-2-9(7)19-5-10(16)14-8(4-15)11(17)18/h1-3,8,15H,4-5H2,(H,14,16)(H,17,18)/t8-/m1/s1. The average Bonchev–Trinajstić information content (AvgIpc) is 2.34. The number of halogens is 2. The van der Waals surface area contributed by atoms with Crippen molar-refractivity contribution >= 4 is 27.8 Å². The molecule has 0 saturated carbocycles. The molecule has 0 spiro atoms. The Labute approximate surface area is 116 Å². The molecule has 0 aliphatic heterocycles. The summed E-state index contributed by atoms with van der Waals surface area (Å²) in [5.74, 6) is -2.28. The van der Waals surface area contributed by atoms with E-state index in [9.17, 15) is 14.0 Å². The molecule has 1 atom stereocenters. The molecule has 8 heteroatoms. The molecule has 0 heterocycles. The maximum Gasteiger partial charge on any atom is 0.328 e. The van der Waals surface area contributed by atoms with Gasteiger partial charge in [-0.25, -0.2) is 9.18 Å². The van der Waals surface area contributed by atoms with Gasteiger partial charge in [-0.1, -0.05) is 0 Å². The van der Waals surface area contributed by atoms with Gasteiger partial charge < -0.3 is 20.3 Å². The fourth-order valence-electron chi connectivity index (χ4n) is 1.16. The van der Waals surface area contributed by atoms with Crippen molar-refractivity contribution in [3.63, 3.8) is 0 Å². The molecule has 0 aromatic heterocycles. The van der Waals surface area contributed by atoms with Gasteiger partial charge in [0.1, 0.15) is 17.6 Å². The second kappa shape index (κ2) is 7.05. The lowest BCUT2D eigenvalue weighted by Crippen LogP contribution is -2.45. The van der Waals surface area contributed by atoms with Gasteiger partial charge in [0.2, 0.25) is 0 Å². The van der Waals surface area contributed by atoms with Gasteiger partial charge in [0.15, 0.2) is 6.61 Å². The number of ether oxygens (including phenoxy) is 1. The van der Waals surface area contributed by atoms with Crippen molar-refractivity contribution in [3.05, 3.63) is 28.5 Å². The van der Waals surface area contributed by atoms with Gasteiger partial charge >= 0.3 is 5.97 Å². The zero-order chi connectivity index (χ0) is 14.4. The van der Waals surface area contributed by atoms with E-state index in [0.717, 1.165) is 6.07 Å². The predicted molar refractivity (Wildman–Crippen MR) is 66.2 cm³/mol. The minimum Gasteiger partial charge on any atom is -0.483 e. The first-order valence-electron chi connectivity index (χ1n) is 5.15. The molecule has 3 N–H and O–H groups in total. The quantitative estimate of drug-likeness (QED) is 0.704. The Balaban J connectivity index is 2.52. The summed E-state index contributed by atoms with van der Waals surface area (Å²) in [5.41, 5.74) is 0. The number of aliphatic hydroxyl groups excluding tert-OH is 1. The van der Waals surface area contributed by atoms with Crippen molar-refractivity contribution in [1.29, 1.82) is 0 Å². The van der Waals surface area contributed by atoms with Crippen LogP contribution in [-0.4, -0.2) is 41.3 Å². The van der Waals surface area contributed by atoms with Crippen molar-refractivity contribution < 1.29 is 28.9 Å². The van der Waals surface area contributed by atoms with Crippen molar-refractivity contribution in [3.8, 4) is 5.75 Å². The number of carbonyl (C=O) groups is 2. The van der Waals surface area contributed by atoms with E-state index in [2.05, 4.69) is 21.2 Å². The van der Waals surface area contributed by atoms with Crippen LogP contribution in [0.2, 0.25) is 0 Å². The number of benzene rings is 1. The second-order valence-corrected chi connectivity index (χ2v) is 4.36. The molecule has 0 fully saturated rings. The first kappa shape index (κ1) is 15.4. The summed E-state index contributed by atoms with van der Waals surface area (Å²) in [6.07, 6.45) is 0. The number of nitrogens with one attached hydrogen (secondary N) is 1. The molecule has 6 nitrogen and oxygen atoms in total. The number of carbonyl (C=O) groups excluding carboxylic acids is 1. The summed E-state index contributed by atoms with van der Waals surface area (Å²) >= 11 is 3.05. The highest BCUT2D eigenvalue weighted by Crippen LogP contribution is 2.25. The van der Waals surface area contributed by atoms with Crippen LogP contribution in [0.4, 0.5) is 4.39 Å². The number of hydrogen-bond donors (Lipinski definition) is 3. The first-order valence-corrected chi connectivity index (χ1v) is 5.94. The number of aliphatic carboxylic acids is 1. The highest BCUT2D eigenvalue weighted by Gasteiger charge is 2.18. The first-order chi connectivity index (χ1) is 8.93. The van der Waals surface area contributed by atoms with E-state index in [1.54, 1.807) is 0 Å². The summed E-state index contributed by atoms with van der Waals surface area (Å²) < 4.78 is 18.2. The normalized spacial score (nSPS) is 11.7. The van der Waals surface area contributed by atoms with Gasteiger partial charge in [0.25, 0.3) is 5.91 Å². The van der Waals surface area contributed by atoms with Gasteiger partial charge in [0, 0.05) is 0 Å². The Kier molecular flexibility index (Phi) is 5.71. The summed E-state index contributed by atoms with van der Waals surface area (Å²) in [6, 6.07) is 2.27. The smallest absolute Gasteiger partial charge is 0.328 e. The summed E-state index contributed by atoms with van der Waals surface area (Å²) in [5, 5.41) is 19.4. The fraction of sp³-hybridized carbons (Fsp3) is 0.273. The number of carboxylic acid groups (broad SMARTS) is 1. The number of rotatable bonds is 6. The molecule has 19 heavy (non-hydrogen) atoms. The van der Waals surface area contributed by atoms with E-state index in [4.69, 9.17) is 14.9 Å². The predicted octanol–water partition coefficient (Wildman–Crippen LogP) is 0.529. The van der Waals surface area contributed by atoms with E-state index in [1.807, 2.05) is 0 Å². The number of carboxylic acids is 1. The molecule has 0 bridgehead atoms. The second-order valence-electron chi connectivity index (χ2n) is 3.50. The Bertz CT molecular complexity index is 482. The van der Waals surface area contributed by atoms with E-state index in [1.165, 1.54) is 12.1 Å². The molecule has 0 radical (unpaired) electrons. The molecule has 1 aromatic rings. The lowest BCUT2D eigenvalue weighted by Gasteiger charge is -2.12. The lowest BCUT2D eigenvalue weighted by molar-refractivity contribution is -0.143. The van der Waals surface area contributed by atoms with Crippen LogP contribution in [0.15, 0.2) is 22.7 Å². The van der Waals surface area contributed by atoms with Gasteiger partial charge in [-0.05, 0) is 34.1 Å². The van der Waals surface area contributed by atoms with Gasteiger partial charge in [0.05, 0.1) is 11.1 Å². The van der Waals surface area contributed by atoms with Crippen molar-refractivity contribution in [2.75, 3.05) is 13.2 Å². The largest absolute Gasteiger partial charge is 0.483 e. The molecule has 0 aliphatic carbocycles. The van der Waals surface area contributed by atoms with E-state index in [-0.39, 0.29) is 5.75 Å². The van der Waals surface area contributed by atoms with Crippen LogP contribution in [0.5, 0.6) is 5.75 Å². The summed E-state index contributed by atoms with van der Waals surface area (Å²) in [4.78, 5) is 21.9. The van der Waals surface area contributed by atoms with Gasteiger partial charge in [-0.15, -0.1) is 0 Å². The fourth-order valence-corrected chi connectivity index (χ4v) is 1.62. The Hall–Kier alpha value is -1.67. The van der Waals surface area contributed by atoms with Crippen molar-refractivity contribution in [2.45, 2.75) is 6.04 Å². The molecule has 1 aromatic carbocycles. The maximum absolute atomic E-state index is 12.8. The Morgan fingerprint density at radius 1 is 1.47 bits per heavy atom. The van der Waals surface area contributed by atoms with Gasteiger partial charge in [-0.3, -0.25) is 4.79 Å². The average molecular weight is 336 g/mol. The van der Waals surface area contributed by atoms with Crippen molar-refractivity contribution in [2.24, 2.45) is 0 Å². The Morgan fingerprint density at radius 3 is 2.68 bits per heavy atom. The van der Waals surface area contributed by atoms with Crippen LogP contribution < -0.4 is 10.1 Å². The minimum absolute atomic E-state index is 0.243. The highest BCUT2D eigenvalue weighted by atomic mass is 79.9. The summed E-state index contributed by atoms with van der Waals surface area (Å²) in [6.45, 7) is -1.17. The number of aliphatic hydroxyl groups is 1. The van der Waals surface area contributed by atoms with Crippen LogP contribution in [-0.2, 0) is 9.59 Å². The zero-order valence-corrected chi connectivity index (χ0v) is 11.2. The molecule has 0 saturated heterocycles. The van der Waals surface area contributed by atoms with E-state index >= 15 is 0 Å². The van der Waals surface area contributed by atoms with Crippen LogP contribution >= 0.6 is 15.9 Å². The lowest BCUT2D eigenvalue weighted by atomic mass is 10.3. The third kappa shape index (κ3) is 4.84. The monoisotopic (exact) mass is 335 g/mol. The summed E-state index contributed by atoms with van der Waals surface area (Å²) in [7, 11) is 0. The molecule has 104 valence electrons. The third-order valence-corrected chi connectivity index (χ3v) is 2.69. The van der Waals surface area contributed by atoms with Crippen LogP contribution in [0, 0.1) is 5.82 Å².